The van der Waals surface area contributed by atoms with Gasteiger partial charge in [0.1, 0.15) is 11.6 Å². The topological polar surface area (TPSA) is 34.1 Å². The smallest absolute Gasteiger partial charge is 0.137 e. The van der Waals surface area contributed by atoms with E-state index in [0.29, 0.717) is 0 Å². The summed E-state index contributed by atoms with van der Waals surface area (Å²) in [6, 6.07) is 3.89. The Bertz CT molecular complexity index is 304. The van der Waals surface area contributed by atoms with Crippen LogP contribution in [0.3, 0.4) is 0 Å². The molecule has 14 heavy (non-hydrogen) atoms. The number of methoxy groups -OCH3 is 1. The monoisotopic (exact) mass is 192 g/mol. The van der Waals surface area contributed by atoms with Crippen LogP contribution in [0.15, 0.2) is 18.3 Å². The van der Waals surface area contributed by atoms with Crippen molar-refractivity contribution in [1.82, 2.24) is 4.98 Å². The van der Waals surface area contributed by atoms with E-state index in [9.17, 15) is 0 Å². The molecule has 3 heteroatoms. The molecule has 1 N–H and O–H groups in total. The summed E-state index contributed by atoms with van der Waals surface area (Å²) >= 11 is 0. The van der Waals surface area contributed by atoms with Crippen LogP contribution >= 0.6 is 0 Å². The van der Waals surface area contributed by atoms with Gasteiger partial charge < -0.3 is 10.1 Å². The van der Waals surface area contributed by atoms with Gasteiger partial charge in [-0.1, -0.05) is 0 Å². The standard InChI is InChI=1S/C11H16N2O/c1-11(6-3-7-11)13-10-5-4-9(14-2)8-12-10/h4-5,8H,3,6-7H2,1-2H3,(H,12,13). The molecule has 0 amide bonds. The largest absolute Gasteiger partial charge is 0.495 e. The Kier molecular flexibility index (Phi) is 2.32. The van der Waals surface area contributed by atoms with Crippen molar-refractivity contribution in [2.24, 2.45) is 0 Å². The minimum Gasteiger partial charge on any atom is -0.495 e. The second-order valence-corrected chi connectivity index (χ2v) is 4.12. The molecule has 0 saturated heterocycles. The fourth-order valence-corrected chi connectivity index (χ4v) is 1.72. The number of pyridine rings is 1. The number of anilines is 1. The highest BCUT2D eigenvalue weighted by Crippen LogP contribution is 2.34. The predicted octanol–water partition coefficient (Wildman–Crippen LogP) is 2.44. The lowest BCUT2D eigenvalue weighted by Crippen LogP contribution is -2.41. The van der Waals surface area contributed by atoms with Crippen LogP contribution in [0.2, 0.25) is 0 Å². The van der Waals surface area contributed by atoms with Crippen LogP contribution in [0.5, 0.6) is 5.75 Å². The van der Waals surface area contributed by atoms with Crippen LogP contribution in [-0.2, 0) is 0 Å². The lowest BCUT2D eigenvalue weighted by Gasteiger charge is -2.39. The van der Waals surface area contributed by atoms with Crippen LogP contribution in [0, 0.1) is 0 Å². The molecule has 0 spiro atoms. The molecule has 0 unspecified atom stereocenters. The molecule has 0 aromatic carbocycles. The van der Waals surface area contributed by atoms with E-state index < -0.39 is 0 Å². The summed E-state index contributed by atoms with van der Waals surface area (Å²) < 4.78 is 5.05. The third-order valence-corrected chi connectivity index (χ3v) is 2.86. The molecule has 0 radical (unpaired) electrons. The number of rotatable bonds is 3. The van der Waals surface area contributed by atoms with Gasteiger partial charge in [-0.25, -0.2) is 4.98 Å². The minimum atomic E-state index is 0.265. The number of hydrogen-bond acceptors (Lipinski definition) is 3. The van der Waals surface area contributed by atoms with Crippen molar-refractivity contribution in [3.8, 4) is 5.75 Å². The van der Waals surface area contributed by atoms with Gasteiger partial charge in [-0.15, -0.1) is 0 Å². The zero-order valence-corrected chi connectivity index (χ0v) is 8.71. The molecule has 1 aromatic rings. The van der Waals surface area contributed by atoms with Gasteiger partial charge in [-0.2, -0.15) is 0 Å². The number of hydrogen-bond donors (Lipinski definition) is 1. The van der Waals surface area contributed by atoms with Gasteiger partial charge >= 0.3 is 0 Å². The van der Waals surface area contributed by atoms with Gasteiger partial charge in [0.15, 0.2) is 0 Å². The van der Waals surface area contributed by atoms with Gasteiger partial charge in [0.25, 0.3) is 0 Å². The summed E-state index contributed by atoms with van der Waals surface area (Å²) in [6.45, 7) is 2.24. The zero-order valence-electron chi connectivity index (χ0n) is 8.71. The molecule has 1 fully saturated rings. The number of nitrogens with one attached hydrogen (secondary N) is 1. The lowest BCUT2D eigenvalue weighted by atomic mass is 9.78. The lowest BCUT2D eigenvalue weighted by molar-refractivity contribution is 0.305. The van der Waals surface area contributed by atoms with E-state index in [-0.39, 0.29) is 5.54 Å². The van der Waals surface area contributed by atoms with E-state index in [0.717, 1.165) is 11.6 Å². The summed E-state index contributed by atoms with van der Waals surface area (Å²) in [5.74, 6) is 1.74. The normalized spacial score (nSPS) is 18.4. The number of ether oxygens (including phenoxy) is 1. The Morgan fingerprint density at radius 3 is 2.64 bits per heavy atom. The Morgan fingerprint density at radius 2 is 2.21 bits per heavy atom. The van der Waals surface area contributed by atoms with E-state index >= 15 is 0 Å². The third-order valence-electron chi connectivity index (χ3n) is 2.86. The summed E-state index contributed by atoms with van der Waals surface area (Å²) in [7, 11) is 1.65. The van der Waals surface area contributed by atoms with E-state index in [1.54, 1.807) is 13.3 Å². The van der Waals surface area contributed by atoms with E-state index in [1.807, 2.05) is 12.1 Å². The van der Waals surface area contributed by atoms with E-state index in [1.165, 1.54) is 19.3 Å². The zero-order chi connectivity index (χ0) is 10.0. The molecule has 1 heterocycles. The molecule has 0 bridgehead atoms. The summed E-state index contributed by atoms with van der Waals surface area (Å²) in [5.41, 5.74) is 0.265. The molecular weight excluding hydrogens is 176 g/mol. The van der Waals surface area contributed by atoms with Gasteiger partial charge in [0.2, 0.25) is 0 Å². The van der Waals surface area contributed by atoms with Crippen LogP contribution in [0.1, 0.15) is 26.2 Å². The number of nitrogens with zero attached hydrogens (tertiary/aromatic N) is 1. The second-order valence-electron chi connectivity index (χ2n) is 4.12. The Labute approximate surface area is 84.5 Å². The van der Waals surface area contributed by atoms with Crippen molar-refractivity contribution in [1.29, 1.82) is 0 Å². The first-order valence-corrected chi connectivity index (χ1v) is 5.00. The van der Waals surface area contributed by atoms with Crippen molar-refractivity contribution in [3.05, 3.63) is 18.3 Å². The van der Waals surface area contributed by atoms with E-state index in [2.05, 4.69) is 17.2 Å². The molecule has 1 aromatic heterocycles. The summed E-state index contributed by atoms with van der Waals surface area (Å²) in [6.07, 6.45) is 5.53. The first-order chi connectivity index (χ1) is 6.72. The molecule has 2 rings (SSSR count). The van der Waals surface area contributed by atoms with Crippen molar-refractivity contribution in [2.45, 2.75) is 31.7 Å². The van der Waals surface area contributed by atoms with Crippen LogP contribution in [0.4, 0.5) is 5.82 Å². The first kappa shape index (κ1) is 9.31. The molecule has 1 saturated carbocycles. The predicted molar refractivity (Wildman–Crippen MR) is 56.7 cm³/mol. The molecule has 0 atom stereocenters. The molecule has 0 aliphatic heterocycles. The molecule has 1 aliphatic carbocycles. The average Bonchev–Trinajstić information content (AvgIpc) is 2.17. The van der Waals surface area contributed by atoms with Crippen molar-refractivity contribution in [2.75, 3.05) is 12.4 Å². The quantitative estimate of drug-likeness (QED) is 0.798. The van der Waals surface area contributed by atoms with Crippen LogP contribution in [-0.4, -0.2) is 17.6 Å². The van der Waals surface area contributed by atoms with Gasteiger partial charge in [-0.3, -0.25) is 0 Å². The van der Waals surface area contributed by atoms with Crippen molar-refractivity contribution >= 4 is 5.82 Å². The summed E-state index contributed by atoms with van der Waals surface area (Å²) in [4.78, 5) is 4.28. The molecule has 1 aliphatic rings. The maximum atomic E-state index is 5.05. The Hall–Kier alpha value is -1.25. The van der Waals surface area contributed by atoms with Crippen molar-refractivity contribution < 1.29 is 4.74 Å². The van der Waals surface area contributed by atoms with Gasteiger partial charge in [0.05, 0.1) is 13.3 Å². The Balaban J connectivity index is 2.02. The third kappa shape index (κ3) is 1.81. The fraction of sp³-hybridized carbons (Fsp3) is 0.545. The van der Waals surface area contributed by atoms with E-state index in [4.69, 9.17) is 4.74 Å². The highest BCUT2D eigenvalue weighted by atomic mass is 16.5. The van der Waals surface area contributed by atoms with Crippen molar-refractivity contribution in [3.63, 3.8) is 0 Å². The summed E-state index contributed by atoms with van der Waals surface area (Å²) in [5, 5.41) is 3.44. The first-order valence-electron chi connectivity index (χ1n) is 5.00. The maximum absolute atomic E-state index is 5.05. The van der Waals surface area contributed by atoms with Crippen LogP contribution in [0.25, 0.3) is 0 Å². The second kappa shape index (κ2) is 3.48. The maximum Gasteiger partial charge on any atom is 0.137 e. The fourth-order valence-electron chi connectivity index (χ4n) is 1.72. The highest BCUT2D eigenvalue weighted by Gasteiger charge is 2.31. The molecule has 76 valence electrons. The van der Waals surface area contributed by atoms with Gasteiger partial charge in [0, 0.05) is 5.54 Å². The molecule has 3 nitrogen and oxygen atoms in total. The molecular formula is C11H16N2O. The highest BCUT2D eigenvalue weighted by molar-refractivity contribution is 5.40. The SMILES string of the molecule is COc1ccc(NC2(C)CCC2)nc1. The number of aromatic nitrogens is 1. The minimum absolute atomic E-state index is 0.265. The average molecular weight is 192 g/mol. The Morgan fingerprint density at radius 1 is 1.43 bits per heavy atom. The van der Waals surface area contributed by atoms with Crippen LogP contribution < -0.4 is 10.1 Å². The van der Waals surface area contributed by atoms with Gasteiger partial charge in [-0.05, 0) is 38.3 Å².